The van der Waals surface area contributed by atoms with E-state index in [2.05, 4.69) is 21.8 Å². The third-order valence-corrected chi connectivity index (χ3v) is 10.4. The van der Waals surface area contributed by atoms with E-state index < -0.39 is 27.4 Å². The summed E-state index contributed by atoms with van der Waals surface area (Å²) in [6, 6.07) is 9.96. The van der Waals surface area contributed by atoms with Crippen LogP contribution in [-0.2, 0) is 10.0 Å². The van der Waals surface area contributed by atoms with Gasteiger partial charge in [0.25, 0.3) is 10.0 Å². The maximum atomic E-state index is 14.2. The molecular formula is C28H31FN2O5S2. The zero-order valence-electron chi connectivity index (χ0n) is 21.2. The van der Waals surface area contributed by atoms with E-state index in [4.69, 9.17) is 9.84 Å². The molecule has 10 heteroatoms. The minimum Gasteiger partial charge on any atom is -0.495 e. The molecule has 3 aromatic rings. The Hall–Kier alpha value is -2.98. The maximum absolute atomic E-state index is 14.2. The van der Waals surface area contributed by atoms with E-state index in [-0.39, 0.29) is 16.5 Å². The largest absolute Gasteiger partial charge is 0.495 e. The van der Waals surface area contributed by atoms with E-state index in [1.54, 1.807) is 0 Å². The first-order valence-electron chi connectivity index (χ1n) is 12.9. The van der Waals surface area contributed by atoms with E-state index in [0.717, 1.165) is 17.7 Å². The number of hydrogen-bond donors (Lipinski definition) is 2. The maximum Gasteiger partial charge on any atom is 0.338 e. The van der Waals surface area contributed by atoms with Crippen molar-refractivity contribution in [2.75, 3.05) is 11.8 Å². The van der Waals surface area contributed by atoms with E-state index in [1.165, 1.54) is 87.2 Å². The fraction of sp³-hybridized carbons (Fsp3) is 0.429. The Morgan fingerprint density at radius 3 is 2.42 bits per heavy atom. The third-order valence-electron chi connectivity index (χ3n) is 8.11. The Morgan fingerprint density at radius 2 is 1.79 bits per heavy atom. The van der Waals surface area contributed by atoms with Crippen molar-refractivity contribution in [1.29, 1.82) is 0 Å². The summed E-state index contributed by atoms with van der Waals surface area (Å²) in [5, 5.41) is 10.9. The molecule has 0 atom stereocenters. The van der Waals surface area contributed by atoms with Crippen molar-refractivity contribution in [2.45, 2.75) is 68.7 Å². The molecular weight excluding hydrogens is 527 g/mol. The molecule has 5 rings (SSSR count). The molecule has 0 amide bonds. The molecule has 7 nitrogen and oxygen atoms in total. The number of benzene rings is 2. The number of thiazole rings is 1. The van der Waals surface area contributed by atoms with Crippen molar-refractivity contribution in [3.05, 3.63) is 58.7 Å². The first-order chi connectivity index (χ1) is 18.2. The number of rotatable bonds is 7. The second-order valence-corrected chi connectivity index (χ2v) is 12.9. The molecule has 38 heavy (non-hydrogen) atoms. The zero-order chi connectivity index (χ0) is 26.9. The molecule has 0 radical (unpaired) electrons. The molecule has 0 bridgehead atoms. The highest BCUT2D eigenvalue weighted by Crippen LogP contribution is 2.51. The molecule has 2 fully saturated rings. The summed E-state index contributed by atoms with van der Waals surface area (Å²) in [7, 11) is -2.93. The lowest BCUT2D eigenvalue weighted by Gasteiger charge is -2.43. The van der Waals surface area contributed by atoms with Crippen molar-refractivity contribution in [3.63, 3.8) is 0 Å². The topological polar surface area (TPSA) is 106 Å². The predicted molar refractivity (Wildman–Crippen MR) is 145 cm³/mol. The predicted octanol–water partition coefficient (Wildman–Crippen LogP) is 7.06. The number of sulfonamides is 1. The van der Waals surface area contributed by atoms with Gasteiger partial charge in [-0.05, 0) is 61.5 Å². The second-order valence-electron chi connectivity index (χ2n) is 10.4. The van der Waals surface area contributed by atoms with E-state index in [9.17, 15) is 17.6 Å². The lowest BCUT2D eigenvalue weighted by molar-refractivity contribution is 0.0691. The molecule has 2 aliphatic carbocycles. The number of carboxylic acids is 1. The van der Waals surface area contributed by atoms with Gasteiger partial charge in [0.2, 0.25) is 0 Å². The van der Waals surface area contributed by atoms with Crippen LogP contribution in [-0.4, -0.2) is 31.6 Å². The number of aromatic nitrogens is 1. The fourth-order valence-corrected chi connectivity index (χ4v) is 8.10. The number of carbonyl (C=O) groups is 1. The van der Waals surface area contributed by atoms with Crippen molar-refractivity contribution >= 4 is 33.0 Å². The number of ether oxygens (including phenoxy) is 1. The van der Waals surface area contributed by atoms with Crippen molar-refractivity contribution in [1.82, 2.24) is 4.98 Å². The summed E-state index contributed by atoms with van der Waals surface area (Å²) in [4.78, 5) is 15.5. The Morgan fingerprint density at radius 1 is 1.11 bits per heavy atom. The first-order valence-corrected chi connectivity index (χ1v) is 15.3. The van der Waals surface area contributed by atoms with Crippen LogP contribution in [0.5, 0.6) is 5.75 Å². The zero-order valence-corrected chi connectivity index (χ0v) is 22.8. The van der Waals surface area contributed by atoms with E-state index >= 15 is 0 Å². The monoisotopic (exact) mass is 558 g/mol. The highest BCUT2D eigenvalue weighted by atomic mass is 32.2. The first kappa shape index (κ1) is 26.6. The van der Waals surface area contributed by atoms with Gasteiger partial charge in [-0.25, -0.2) is 14.2 Å². The van der Waals surface area contributed by atoms with Crippen molar-refractivity contribution in [3.8, 4) is 16.3 Å². The minimum absolute atomic E-state index is 0.115. The van der Waals surface area contributed by atoms with Crippen LogP contribution in [0.15, 0.2) is 46.8 Å². The lowest BCUT2D eigenvalue weighted by atomic mass is 9.62. The summed E-state index contributed by atoms with van der Waals surface area (Å²) < 4.78 is 47.5. The number of carboxylic acid groups (broad SMARTS) is 1. The van der Waals surface area contributed by atoms with Crippen LogP contribution in [0.25, 0.3) is 10.6 Å². The Labute approximate surface area is 226 Å². The average Bonchev–Trinajstić information content (AvgIpc) is 3.41. The van der Waals surface area contributed by atoms with Crippen LogP contribution >= 0.6 is 11.3 Å². The Balaban J connectivity index is 1.28. The van der Waals surface area contributed by atoms with Crippen LogP contribution in [0.4, 0.5) is 10.1 Å². The summed E-state index contributed by atoms with van der Waals surface area (Å²) >= 11 is 1.20. The van der Waals surface area contributed by atoms with Crippen LogP contribution in [0, 0.1) is 11.2 Å². The fourth-order valence-electron chi connectivity index (χ4n) is 5.94. The summed E-state index contributed by atoms with van der Waals surface area (Å²) in [5.41, 5.74) is 1.90. The number of halogens is 1. The molecule has 202 valence electrons. The average molecular weight is 559 g/mol. The van der Waals surface area contributed by atoms with Gasteiger partial charge in [0.1, 0.15) is 16.6 Å². The van der Waals surface area contributed by atoms with Gasteiger partial charge in [-0.15, -0.1) is 11.3 Å². The van der Waals surface area contributed by atoms with Crippen LogP contribution in [0.1, 0.15) is 79.6 Å². The Bertz CT molecular complexity index is 1420. The molecule has 2 aliphatic rings. The molecule has 0 saturated heterocycles. The molecule has 1 aromatic heterocycles. The highest BCUT2D eigenvalue weighted by molar-refractivity contribution is 7.92. The molecule has 0 unspecified atom stereocenters. The molecule has 2 saturated carbocycles. The second kappa shape index (κ2) is 10.6. The smallest absolute Gasteiger partial charge is 0.338 e. The highest BCUT2D eigenvalue weighted by Gasteiger charge is 2.36. The van der Waals surface area contributed by atoms with Gasteiger partial charge in [0.05, 0.1) is 18.4 Å². The van der Waals surface area contributed by atoms with Gasteiger partial charge in [-0.3, -0.25) is 4.72 Å². The Kier molecular flexibility index (Phi) is 7.46. The molecule has 1 spiro atoms. The lowest BCUT2D eigenvalue weighted by Crippen LogP contribution is -2.29. The number of aromatic carboxylic acids is 1. The minimum atomic E-state index is -4.17. The van der Waals surface area contributed by atoms with E-state index in [0.29, 0.717) is 16.3 Å². The van der Waals surface area contributed by atoms with E-state index in [1.807, 2.05) is 12.1 Å². The third kappa shape index (κ3) is 5.42. The quantitative estimate of drug-likeness (QED) is 0.321. The molecule has 2 N–H and O–H groups in total. The van der Waals surface area contributed by atoms with Gasteiger partial charge in [-0.1, -0.05) is 43.5 Å². The van der Waals surface area contributed by atoms with Crippen LogP contribution < -0.4 is 9.46 Å². The van der Waals surface area contributed by atoms with Gasteiger partial charge in [-0.2, -0.15) is 8.42 Å². The number of anilines is 1. The number of methoxy groups -OCH3 is 1. The van der Waals surface area contributed by atoms with Gasteiger partial charge < -0.3 is 9.84 Å². The number of hydrogen-bond acceptors (Lipinski definition) is 6. The normalized spacial score (nSPS) is 17.8. The van der Waals surface area contributed by atoms with Crippen LogP contribution in [0.3, 0.4) is 0 Å². The molecule has 0 aliphatic heterocycles. The molecule has 2 aromatic carbocycles. The van der Waals surface area contributed by atoms with Gasteiger partial charge >= 0.3 is 5.97 Å². The standard InChI is InChI=1S/C28H31FN2O5S2/c1-36-24-15-21(27(32)33)22(29)16-23(24)31-38(34,35)25-17-37-26(30-25)20-7-5-18(6-8-20)19-9-13-28(14-10-19)11-3-2-4-12-28/h5-8,15-17,19,31H,2-4,9-14H2,1H3,(H,32,33). The van der Waals surface area contributed by atoms with Gasteiger partial charge in [0.15, 0.2) is 5.03 Å². The molecule has 1 heterocycles. The van der Waals surface area contributed by atoms with Gasteiger partial charge in [0, 0.05) is 17.0 Å². The van der Waals surface area contributed by atoms with Crippen molar-refractivity contribution < 1.29 is 27.4 Å². The summed E-state index contributed by atoms with van der Waals surface area (Å²) in [6.07, 6.45) is 12.0. The number of nitrogens with zero attached hydrogens (tertiary/aromatic N) is 1. The number of nitrogens with one attached hydrogen (secondary N) is 1. The summed E-state index contributed by atoms with van der Waals surface area (Å²) in [6.45, 7) is 0. The van der Waals surface area contributed by atoms with Crippen molar-refractivity contribution in [2.24, 2.45) is 5.41 Å². The SMILES string of the molecule is COc1cc(C(=O)O)c(F)cc1NS(=O)(=O)c1csc(-c2ccc(C3CCC4(CCCCC4)CC3)cc2)n1. The summed E-state index contributed by atoms with van der Waals surface area (Å²) in [5.74, 6) is -2.12. The van der Waals surface area contributed by atoms with Crippen LogP contribution in [0.2, 0.25) is 0 Å².